The van der Waals surface area contributed by atoms with Crippen molar-refractivity contribution in [1.82, 2.24) is 0 Å². The average Bonchev–Trinajstić information content (AvgIpc) is 1.99. The predicted molar refractivity (Wildman–Crippen MR) is 50.2 cm³/mol. The molecule has 76 valence electrons. The molecule has 0 spiro atoms. The van der Waals surface area contributed by atoms with Gasteiger partial charge >= 0.3 is 0 Å². The number of Topliss-reactive ketones (excluding diaryl/α,β-unsaturated/α-hetero) is 1. The lowest BCUT2D eigenvalue weighted by Gasteiger charge is -2.10. The van der Waals surface area contributed by atoms with Crippen molar-refractivity contribution in [1.29, 1.82) is 0 Å². The number of hydrogen-bond donors (Lipinski definition) is 0. The Kier molecular flexibility index (Phi) is 5.26. The maximum Gasteiger partial charge on any atom is 0.272 e. The highest BCUT2D eigenvalue weighted by atomic mass is 16.6. The molecule has 0 aromatic rings. The number of nitro groups is 1. The molecule has 13 heavy (non-hydrogen) atoms. The number of rotatable bonds is 6. The second kappa shape index (κ2) is 5.67. The highest BCUT2D eigenvalue weighted by Gasteiger charge is 2.31. The van der Waals surface area contributed by atoms with Crippen LogP contribution in [0, 0.1) is 16.0 Å². The molecule has 0 aliphatic rings. The minimum absolute atomic E-state index is 0.209. The van der Waals surface area contributed by atoms with Gasteiger partial charge in [0.25, 0.3) is 6.04 Å². The number of hydrogen-bond acceptors (Lipinski definition) is 3. The Balaban J connectivity index is 4.21. The SMILES string of the molecule is CCCCC(=O)C(C(C)C)[N+](=O)[O-]. The van der Waals surface area contributed by atoms with Crippen molar-refractivity contribution in [3.63, 3.8) is 0 Å². The summed E-state index contributed by atoms with van der Waals surface area (Å²) in [4.78, 5) is 21.4. The molecule has 0 amide bonds. The van der Waals surface area contributed by atoms with Gasteiger partial charge in [-0.15, -0.1) is 0 Å². The van der Waals surface area contributed by atoms with Gasteiger partial charge in [-0.25, -0.2) is 0 Å². The molecule has 0 bridgehead atoms. The van der Waals surface area contributed by atoms with Gasteiger partial charge in [0.2, 0.25) is 5.78 Å². The number of nitrogens with zero attached hydrogens (tertiary/aromatic N) is 1. The Morgan fingerprint density at radius 3 is 2.31 bits per heavy atom. The van der Waals surface area contributed by atoms with Gasteiger partial charge in [0.15, 0.2) is 0 Å². The summed E-state index contributed by atoms with van der Waals surface area (Å²) in [5.74, 6) is -0.443. The molecule has 0 radical (unpaired) electrons. The monoisotopic (exact) mass is 187 g/mol. The van der Waals surface area contributed by atoms with Gasteiger partial charge in [-0.3, -0.25) is 14.9 Å². The van der Waals surface area contributed by atoms with E-state index in [4.69, 9.17) is 0 Å². The summed E-state index contributed by atoms with van der Waals surface area (Å²) in [6, 6.07) is -1.01. The van der Waals surface area contributed by atoms with Gasteiger partial charge in [-0.05, 0) is 6.42 Å². The average molecular weight is 187 g/mol. The lowest BCUT2D eigenvalue weighted by Crippen LogP contribution is -2.34. The van der Waals surface area contributed by atoms with Crippen molar-refractivity contribution in [3.05, 3.63) is 10.1 Å². The Hall–Kier alpha value is -0.930. The molecule has 4 nitrogen and oxygen atoms in total. The number of ketones is 1. The molecule has 1 atom stereocenters. The van der Waals surface area contributed by atoms with Crippen LogP contribution in [0.15, 0.2) is 0 Å². The van der Waals surface area contributed by atoms with E-state index in [0.29, 0.717) is 6.42 Å². The molecule has 0 saturated heterocycles. The molecule has 0 aromatic carbocycles. The lowest BCUT2D eigenvalue weighted by molar-refractivity contribution is -0.515. The second-order valence-electron chi connectivity index (χ2n) is 3.54. The van der Waals surface area contributed by atoms with Gasteiger partial charge in [-0.1, -0.05) is 27.2 Å². The fourth-order valence-electron chi connectivity index (χ4n) is 1.23. The molecule has 0 saturated carbocycles. The molecule has 0 heterocycles. The summed E-state index contributed by atoms with van der Waals surface area (Å²) in [7, 11) is 0. The zero-order chi connectivity index (χ0) is 10.4. The van der Waals surface area contributed by atoms with Crippen LogP contribution in [0.25, 0.3) is 0 Å². The topological polar surface area (TPSA) is 60.2 Å². The zero-order valence-electron chi connectivity index (χ0n) is 8.45. The first-order valence-electron chi connectivity index (χ1n) is 4.66. The van der Waals surface area contributed by atoms with Gasteiger partial charge in [-0.2, -0.15) is 0 Å². The van der Waals surface area contributed by atoms with Crippen LogP contribution >= 0.6 is 0 Å². The van der Waals surface area contributed by atoms with Crippen LogP contribution in [0.5, 0.6) is 0 Å². The minimum atomic E-state index is -1.01. The quantitative estimate of drug-likeness (QED) is 0.472. The lowest BCUT2D eigenvalue weighted by atomic mass is 9.97. The van der Waals surface area contributed by atoms with Crippen LogP contribution in [0.2, 0.25) is 0 Å². The van der Waals surface area contributed by atoms with Crippen LogP contribution in [-0.4, -0.2) is 16.7 Å². The second-order valence-corrected chi connectivity index (χ2v) is 3.54. The van der Waals surface area contributed by atoms with Crippen LogP contribution in [0.1, 0.15) is 40.0 Å². The fraction of sp³-hybridized carbons (Fsp3) is 0.889. The van der Waals surface area contributed by atoms with Crippen molar-refractivity contribution >= 4 is 5.78 Å². The van der Waals surface area contributed by atoms with Crippen LogP contribution < -0.4 is 0 Å². The smallest absolute Gasteiger partial charge is 0.272 e. The molecule has 0 aliphatic carbocycles. The maximum atomic E-state index is 11.3. The van der Waals surface area contributed by atoms with Crippen LogP contribution in [-0.2, 0) is 4.79 Å². The molecule has 0 fully saturated rings. The van der Waals surface area contributed by atoms with Crippen LogP contribution in [0.3, 0.4) is 0 Å². The standard InChI is InChI=1S/C9H17NO3/c1-4-5-6-8(11)9(7(2)3)10(12)13/h7,9H,4-6H2,1-3H3. The van der Waals surface area contributed by atoms with E-state index in [1.54, 1.807) is 13.8 Å². The van der Waals surface area contributed by atoms with Crippen LogP contribution in [0.4, 0.5) is 0 Å². The van der Waals surface area contributed by atoms with Gasteiger partial charge < -0.3 is 0 Å². The molecule has 0 N–H and O–H groups in total. The van der Waals surface area contributed by atoms with E-state index in [1.165, 1.54) is 0 Å². The number of carbonyl (C=O) groups is 1. The minimum Gasteiger partial charge on any atom is -0.292 e. The summed E-state index contributed by atoms with van der Waals surface area (Å²) in [5, 5.41) is 10.5. The fourth-order valence-corrected chi connectivity index (χ4v) is 1.23. The van der Waals surface area contributed by atoms with Crippen molar-refractivity contribution in [2.24, 2.45) is 5.92 Å². The molecule has 4 heteroatoms. The number of unbranched alkanes of at least 4 members (excludes halogenated alkanes) is 1. The van der Waals surface area contributed by atoms with Crippen molar-refractivity contribution in [3.8, 4) is 0 Å². The van der Waals surface area contributed by atoms with E-state index in [-0.39, 0.29) is 11.7 Å². The predicted octanol–water partition coefficient (Wildman–Crippen LogP) is 2.05. The summed E-state index contributed by atoms with van der Waals surface area (Å²) in [6.07, 6.45) is 1.98. The van der Waals surface area contributed by atoms with Gasteiger partial charge in [0, 0.05) is 17.3 Å². The van der Waals surface area contributed by atoms with Gasteiger partial charge in [0.05, 0.1) is 0 Å². The normalized spacial score (nSPS) is 12.9. The van der Waals surface area contributed by atoms with E-state index in [2.05, 4.69) is 0 Å². The number of carbonyl (C=O) groups excluding carboxylic acids is 1. The Morgan fingerprint density at radius 2 is 2.00 bits per heavy atom. The van der Waals surface area contributed by atoms with E-state index in [1.807, 2.05) is 6.92 Å². The molecular weight excluding hydrogens is 170 g/mol. The maximum absolute atomic E-state index is 11.3. The van der Waals surface area contributed by atoms with Crippen molar-refractivity contribution in [2.75, 3.05) is 0 Å². The van der Waals surface area contributed by atoms with Crippen molar-refractivity contribution in [2.45, 2.75) is 46.1 Å². The zero-order valence-corrected chi connectivity index (χ0v) is 8.45. The Bertz CT molecular complexity index is 189. The van der Waals surface area contributed by atoms with Gasteiger partial charge in [0.1, 0.15) is 0 Å². The molecule has 1 unspecified atom stereocenters. The first-order chi connectivity index (χ1) is 6.00. The van der Waals surface area contributed by atoms with Crippen molar-refractivity contribution < 1.29 is 9.72 Å². The van der Waals surface area contributed by atoms with E-state index in [9.17, 15) is 14.9 Å². The largest absolute Gasteiger partial charge is 0.292 e. The highest BCUT2D eigenvalue weighted by Crippen LogP contribution is 2.10. The third-order valence-corrected chi connectivity index (χ3v) is 1.97. The Labute approximate surface area is 78.5 Å². The first kappa shape index (κ1) is 12.1. The summed E-state index contributed by atoms with van der Waals surface area (Å²) in [5.41, 5.74) is 0. The summed E-state index contributed by atoms with van der Waals surface area (Å²) < 4.78 is 0. The summed E-state index contributed by atoms with van der Waals surface area (Å²) >= 11 is 0. The molecular formula is C9H17NO3. The first-order valence-corrected chi connectivity index (χ1v) is 4.66. The Morgan fingerprint density at radius 1 is 1.46 bits per heavy atom. The van der Waals surface area contributed by atoms with E-state index >= 15 is 0 Å². The van der Waals surface area contributed by atoms with E-state index in [0.717, 1.165) is 12.8 Å². The molecule has 0 aliphatic heterocycles. The molecule has 0 rings (SSSR count). The van der Waals surface area contributed by atoms with E-state index < -0.39 is 11.0 Å². The highest BCUT2D eigenvalue weighted by molar-refractivity contribution is 5.82. The summed E-state index contributed by atoms with van der Waals surface area (Å²) in [6.45, 7) is 5.37. The third-order valence-electron chi connectivity index (χ3n) is 1.97. The molecule has 0 aromatic heterocycles. The third kappa shape index (κ3) is 4.01.